The summed E-state index contributed by atoms with van der Waals surface area (Å²) in [5.41, 5.74) is 3.49. The minimum atomic E-state index is -0.864. The third-order valence-electron chi connectivity index (χ3n) is 5.93. The standard InChI is InChI=1S/C22H19FIN3O3S/c23-19-6-5-13(8-20-16-3-1-2-4-17(16)22(29)27(24)25-20)7-18(19)21(28)26-9-14-11-31(30)12-15(14)10-26/h3-7H,1-2,8-12H2. The quantitative estimate of drug-likeness (QED) is 0.325. The molecular weight excluding hydrogens is 532 g/mol. The van der Waals surface area contributed by atoms with Gasteiger partial charge in [0.1, 0.15) is 17.3 Å². The number of benzene rings is 1. The molecule has 160 valence electrons. The van der Waals surface area contributed by atoms with E-state index in [0.29, 0.717) is 36.2 Å². The molecule has 0 saturated heterocycles. The number of rotatable bonds is 3. The van der Waals surface area contributed by atoms with E-state index in [1.807, 2.05) is 35.0 Å². The van der Waals surface area contributed by atoms with Crippen LogP contribution in [0.25, 0.3) is 12.2 Å². The molecule has 1 aliphatic carbocycles. The Bertz CT molecular complexity index is 1300. The number of hydrogen-bond acceptors (Lipinski definition) is 4. The lowest BCUT2D eigenvalue weighted by molar-refractivity contribution is 0.0791. The topological polar surface area (TPSA) is 78.3 Å². The molecule has 9 heteroatoms. The maximum absolute atomic E-state index is 14.6. The molecule has 0 radical (unpaired) electrons. The second kappa shape index (κ2) is 8.18. The van der Waals surface area contributed by atoms with E-state index in [2.05, 4.69) is 5.10 Å². The van der Waals surface area contributed by atoms with Crippen LogP contribution in [-0.2, 0) is 17.6 Å². The zero-order valence-electron chi connectivity index (χ0n) is 16.6. The van der Waals surface area contributed by atoms with Gasteiger partial charge >= 0.3 is 0 Å². The molecule has 0 spiro atoms. The minimum absolute atomic E-state index is 0.0343. The Morgan fingerprint density at radius 1 is 1.16 bits per heavy atom. The van der Waals surface area contributed by atoms with Crippen molar-refractivity contribution in [3.05, 3.63) is 72.8 Å². The van der Waals surface area contributed by atoms with Crippen molar-refractivity contribution in [2.24, 2.45) is 0 Å². The summed E-state index contributed by atoms with van der Waals surface area (Å²) in [6, 6.07) is 4.56. The van der Waals surface area contributed by atoms with E-state index in [9.17, 15) is 18.5 Å². The molecule has 0 bridgehead atoms. The van der Waals surface area contributed by atoms with E-state index in [-0.39, 0.29) is 17.0 Å². The summed E-state index contributed by atoms with van der Waals surface area (Å²) in [6.45, 7) is 0.840. The van der Waals surface area contributed by atoms with Gasteiger partial charge in [-0.2, -0.15) is 7.99 Å². The highest BCUT2D eigenvalue weighted by atomic mass is 127. The fourth-order valence-electron chi connectivity index (χ4n) is 4.42. The van der Waals surface area contributed by atoms with Crippen molar-refractivity contribution in [3.63, 3.8) is 0 Å². The summed E-state index contributed by atoms with van der Waals surface area (Å²) < 4.78 is 27.6. The summed E-state index contributed by atoms with van der Waals surface area (Å²) >= 11 is 1.01. The Labute approximate surface area is 194 Å². The Balaban J connectivity index is 1.44. The van der Waals surface area contributed by atoms with E-state index in [4.69, 9.17) is 0 Å². The van der Waals surface area contributed by atoms with Crippen molar-refractivity contribution >= 4 is 52.1 Å². The van der Waals surface area contributed by atoms with Crippen molar-refractivity contribution < 1.29 is 13.7 Å². The van der Waals surface area contributed by atoms with Gasteiger partial charge in [0.15, 0.2) is 0 Å². The summed E-state index contributed by atoms with van der Waals surface area (Å²) in [5, 5.41) is 5.90. The van der Waals surface area contributed by atoms with Crippen LogP contribution >= 0.6 is 22.9 Å². The van der Waals surface area contributed by atoms with Gasteiger partial charge in [-0.25, -0.2) is 4.39 Å². The van der Waals surface area contributed by atoms with Crippen molar-refractivity contribution in [3.8, 4) is 0 Å². The van der Waals surface area contributed by atoms with Crippen LogP contribution in [0.1, 0.15) is 34.5 Å². The van der Waals surface area contributed by atoms with Gasteiger partial charge in [-0.1, -0.05) is 18.2 Å². The fourth-order valence-corrected chi connectivity index (χ4v) is 6.41. The second-order valence-electron chi connectivity index (χ2n) is 8.01. The van der Waals surface area contributed by atoms with E-state index >= 15 is 0 Å². The molecule has 6 nitrogen and oxygen atoms in total. The normalized spacial score (nSPS) is 18.0. The number of carbonyl (C=O) groups excluding carboxylic acids is 1. The molecule has 5 rings (SSSR count). The van der Waals surface area contributed by atoms with Gasteiger partial charge in [-0.05, 0) is 41.7 Å². The number of nitrogens with zero attached hydrogens (tertiary/aromatic N) is 3. The summed E-state index contributed by atoms with van der Waals surface area (Å²) in [6.07, 6.45) is 6.01. The molecule has 0 saturated carbocycles. The minimum Gasteiger partial charge on any atom is -0.616 e. The highest BCUT2D eigenvalue weighted by molar-refractivity contribution is 14.1. The Morgan fingerprint density at radius 2 is 1.84 bits per heavy atom. The van der Waals surface area contributed by atoms with Gasteiger partial charge in [0.2, 0.25) is 0 Å². The molecule has 0 unspecified atom stereocenters. The van der Waals surface area contributed by atoms with Crippen LogP contribution in [0.5, 0.6) is 0 Å². The van der Waals surface area contributed by atoms with Crippen LogP contribution < -0.4 is 16.0 Å². The molecule has 0 atom stereocenters. The Morgan fingerprint density at radius 3 is 2.55 bits per heavy atom. The van der Waals surface area contributed by atoms with E-state index in [1.54, 1.807) is 17.0 Å². The fraction of sp³-hybridized carbons (Fsp3) is 0.318. The van der Waals surface area contributed by atoms with Gasteiger partial charge in [0, 0.05) is 41.1 Å². The number of fused-ring (bicyclic) bond motifs is 1. The van der Waals surface area contributed by atoms with Gasteiger partial charge < -0.3 is 9.45 Å². The third-order valence-corrected chi connectivity index (χ3v) is 7.92. The van der Waals surface area contributed by atoms with Crippen molar-refractivity contribution in [2.75, 3.05) is 24.6 Å². The highest BCUT2D eigenvalue weighted by Gasteiger charge is 2.35. The molecule has 0 fully saturated rings. The molecule has 2 aliphatic heterocycles. The lowest BCUT2D eigenvalue weighted by atomic mass is 10.0. The van der Waals surface area contributed by atoms with E-state index < -0.39 is 17.0 Å². The van der Waals surface area contributed by atoms with Crippen molar-refractivity contribution in [1.82, 2.24) is 12.9 Å². The molecule has 31 heavy (non-hydrogen) atoms. The van der Waals surface area contributed by atoms with Crippen molar-refractivity contribution in [2.45, 2.75) is 19.3 Å². The van der Waals surface area contributed by atoms with Crippen LogP contribution in [0.15, 0.2) is 34.1 Å². The number of amides is 1. The lowest BCUT2D eigenvalue weighted by Crippen LogP contribution is -2.47. The van der Waals surface area contributed by atoms with Gasteiger partial charge in [0.25, 0.3) is 11.5 Å². The smallest absolute Gasteiger partial charge is 0.283 e. The second-order valence-corrected chi connectivity index (χ2v) is 10.4. The predicted octanol–water partition coefficient (Wildman–Crippen LogP) is 1.04. The van der Waals surface area contributed by atoms with E-state index in [1.165, 1.54) is 8.96 Å². The molecule has 0 N–H and O–H groups in total. The highest BCUT2D eigenvalue weighted by Crippen LogP contribution is 2.28. The zero-order valence-corrected chi connectivity index (χ0v) is 19.5. The summed E-state index contributed by atoms with van der Waals surface area (Å²) in [5.74, 6) is 0.113. The third kappa shape index (κ3) is 3.87. The molecule has 3 heterocycles. The first-order valence-electron chi connectivity index (χ1n) is 10.0. The predicted molar refractivity (Wildman–Crippen MR) is 125 cm³/mol. The first kappa shape index (κ1) is 20.9. The average molecular weight is 551 g/mol. The zero-order chi connectivity index (χ0) is 21.7. The maximum atomic E-state index is 14.6. The molecule has 1 amide bonds. The molecule has 1 aromatic carbocycles. The maximum Gasteiger partial charge on any atom is 0.283 e. The summed E-state index contributed by atoms with van der Waals surface area (Å²) in [4.78, 5) is 27.0. The van der Waals surface area contributed by atoms with Crippen LogP contribution in [0.4, 0.5) is 4.39 Å². The number of carbonyl (C=O) groups is 1. The number of halogens is 2. The molecule has 1 aromatic heterocycles. The summed E-state index contributed by atoms with van der Waals surface area (Å²) in [7, 11) is 0. The van der Waals surface area contributed by atoms with Crippen LogP contribution in [-0.4, -0.2) is 47.9 Å². The first-order chi connectivity index (χ1) is 14.9. The monoisotopic (exact) mass is 551 g/mol. The van der Waals surface area contributed by atoms with Gasteiger partial charge in [-0.15, -0.1) is 0 Å². The van der Waals surface area contributed by atoms with Gasteiger partial charge in [0.05, 0.1) is 34.1 Å². The van der Waals surface area contributed by atoms with Crippen LogP contribution in [0.2, 0.25) is 0 Å². The molecule has 2 aromatic rings. The lowest BCUT2D eigenvalue weighted by Gasteiger charge is -2.19. The van der Waals surface area contributed by atoms with Gasteiger partial charge in [-0.3, -0.25) is 9.59 Å². The Hall–Kier alpha value is -1.98. The van der Waals surface area contributed by atoms with Crippen LogP contribution in [0, 0.1) is 5.82 Å². The number of aromatic nitrogens is 2. The largest absolute Gasteiger partial charge is 0.616 e. The SMILES string of the molecule is O=C(c1cc(Cc2nn(I)c(=O)c3c2=CCCC=3)ccc1F)N1CC2=C(C1)C[S+]([O-])C2. The first-order valence-corrected chi connectivity index (χ1v) is 12.5. The molecule has 3 aliphatic rings. The molecular formula is C22H19FIN3O3S. The Kier molecular flexibility index (Phi) is 5.51. The van der Waals surface area contributed by atoms with Crippen LogP contribution in [0.3, 0.4) is 0 Å². The van der Waals surface area contributed by atoms with Crippen molar-refractivity contribution in [1.29, 1.82) is 0 Å². The average Bonchev–Trinajstić information content (AvgIpc) is 3.30. The van der Waals surface area contributed by atoms with E-state index in [0.717, 1.165) is 40.5 Å². The number of hydrogen-bond donors (Lipinski definition) is 0.